The van der Waals surface area contributed by atoms with Gasteiger partial charge >= 0.3 is 0 Å². The van der Waals surface area contributed by atoms with Crippen LogP contribution in [-0.2, 0) is 6.42 Å². The van der Waals surface area contributed by atoms with E-state index in [4.69, 9.17) is 0 Å². The Balaban J connectivity index is 0.000000347. The highest BCUT2D eigenvalue weighted by Gasteiger charge is 2.32. The highest BCUT2D eigenvalue weighted by atomic mass is 32.1. The van der Waals surface area contributed by atoms with Crippen LogP contribution in [0.5, 0.6) is 0 Å². The fraction of sp³-hybridized carbons (Fsp3) is 0.294. The van der Waals surface area contributed by atoms with Gasteiger partial charge in [0.15, 0.2) is 0 Å². The zero-order valence-corrected chi connectivity index (χ0v) is 14.1. The predicted molar refractivity (Wildman–Crippen MR) is 95.2 cm³/mol. The minimum absolute atomic E-state index is 0.252. The van der Waals surface area contributed by atoms with Gasteiger partial charge in [0.2, 0.25) is 0 Å². The Bertz CT molecular complexity index is 980. The van der Waals surface area contributed by atoms with Crippen LogP contribution in [0, 0.1) is 0 Å². The van der Waals surface area contributed by atoms with Gasteiger partial charge in [0.1, 0.15) is 4.70 Å². The van der Waals surface area contributed by atoms with E-state index in [0.29, 0.717) is 21.3 Å². The Labute approximate surface area is 145 Å². The molecule has 3 N–H and O–H groups in total. The van der Waals surface area contributed by atoms with Crippen LogP contribution in [0.2, 0.25) is 0 Å². The second-order valence-corrected chi connectivity index (χ2v) is 7.11. The van der Waals surface area contributed by atoms with Crippen molar-refractivity contribution in [2.24, 2.45) is 0 Å². The largest absolute Gasteiger partial charge is 0.321 e. The van der Waals surface area contributed by atoms with E-state index in [2.05, 4.69) is 20.5 Å². The van der Waals surface area contributed by atoms with Gasteiger partial charge in [-0.2, -0.15) is 5.10 Å². The minimum atomic E-state index is -2.88. The number of pyridine rings is 1. The number of nitrogens with one attached hydrogen (secondary N) is 3. The molecule has 0 atom stereocenters. The standard InChI is InChI=1S/C14H9F2N3OS.C3H7N/c15-14(16)2-1-10-9(4-14)8-3-11(7-5-17-18-6-7)21-12(8)13(20)19-10;1-2-4-3-1/h1-3,5-6H,4H2,(H,17,18)(H,19,20);4H,1-3H2. The Morgan fingerprint density at radius 2 is 2.04 bits per heavy atom. The highest BCUT2D eigenvalue weighted by Crippen LogP contribution is 2.38. The molecule has 130 valence electrons. The van der Waals surface area contributed by atoms with E-state index < -0.39 is 12.3 Å². The molecule has 3 aromatic rings. The first kappa shape index (κ1) is 16.2. The minimum Gasteiger partial charge on any atom is -0.321 e. The van der Waals surface area contributed by atoms with Gasteiger partial charge in [-0.25, -0.2) is 8.78 Å². The van der Waals surface area contributed by atoms with Crippen molar-refractivity contribution in [3.05, 3.63) is 46.1 Å². The maximum atomic E-state index is 13.6. The molecule has 0 aromatic carbocycles. The maximum absolute atomic E-state index is 13.6. The normalized spacial score (nSPS) is 17.5. The Morgan fingerprint density at radius 1 is 1.28 bits per heavy atom. The lowest BCUT2D eigenvalue weighted by Crippen LogP contribution is -2.29. The molecule has 2 aliphatic rings. The van der Waals surface area contributed by atoms with Crippen LogP contribution in [0.1, 0.15) is 17.7 Å². The van der Waals surface area contributed by atoms with Crippen LogP contribution < -0.4 is 10.9 Å². The summed E-state index contributed by atoms with van der Waals surface area (Å²) < 4.78 is 27.7. The van der Waals surface area contributed by atoms with Crippen LogP contribution in [0.15, 0.2) is 29.3 Å². The van der Waals surface area contributed by atoms with E-state index in [0.717, 1.165) is 16.5 Å². The topological polar surface area (TPSA) is 73.6 Å². The number of aromatic amines is 2. The summed E-state index contributed by atoms with van der Waals surface area (Å²) >= 11 is 1.28. The number of fused-ring (bicyclic) bond motifs is 3. The summed E-state index contributed by atoms with van der Waals surface area (Å²) in [6, 6.07) is 1.79. The third kappa shape index (κ3) is 3.14. The van der Waals surface area contributed by atoms with Gasteiger partial charge in [0.05, 0.1) is 6.20 Å². The lowest BCUT2D eigenvalue weighted by molar-refractivity contribution is 0.0555. The van der Waals surface area contributed by atoms with Crippen molar-refractivity contribution >= 4 is 27.5 Å². The molecule has 0 saturated carbocycles. The quantitative estimate of drug-likeness (QED) is 0.623. The molecule has 5 nitrogen and oxygen atoms in total. The van der Waals surface area contributed by atoms with Crippen molar-refractivity contribution in [1.29, 1.82) is 0 Å². The predicted octanol–water partition coefficient (Wildman–Crippen LogP) is 3.16. The van der Waals surface area contributed by atoms with E-state index in [1.54, 1.807) is 18.5 Å². The summed E-state index contributed by atoms with van der Waals surface area (Å²) in [5, 5.41) is 10.3. The van der Waals surface area contributed by atoms with Gasteiger partial charge in [-0.1, -0.05) is 0 Å². The van der Waals surface area contributed by atoms with Crippen molar-refractivity contribution in [1.82, 2.24) is 20.5 Å². The number of rotatable bonds is 1. The monoisotopic (exact) mass is 362 g/mol. The summed E-state index contributed by atoms with van der Waals surface area (Å²) in [6.45, 7) is 2.50. The number of halogens is 2. The van der Waals surface area contributed by atoms with Crippen molar-refractivity contribution < 1.29 is 8.78 Å². The lowest BCUT2D eigenvalue weighted by Gasteiger charge is -2.19. The molecule has 8 heteroatoms. The molecule has 4 heterocycles. The molecule has 0 amide bonds. The van der Waals surface area contributed by atoms with Gasteiger partial charge in [-0.15, -0.1) is 11.3 Å². The number of H-pyrrole nitrogens is 2. The molecule has 0 spiro atoms. The number of aromatic nitrogens is 3. The first-order valence-electron chi connectivity index (χ1n) is 7.99. The summed E-state index contributed by atoms with van der Waals surface area (Å²) in [6.07, 6.45) is 6.46. The first-order chi connectivity index (χ1) is 12.0. The lowest BCUT2D eigenvalue weighted by atomic mass is 9.96. The van der Waals surface area contributed by atoms with Crippen LogP contribution >= 0.6 is 11.3 Å². The van der Waals surface area contributed by atoms with E-state index in [1.165, 1.54) is 36.9 Å². The van der Waals surface area contributed by atoms with Crippen molar-refractivity contribution in [3.63, 3.8) is 0 Å². The number of hydrogen-bond donors (Lipinski definition) is 3. The van der Waals surface area contributed by atoms with Crippen LogP contribution in [0.4, 0.5) is 8.78 Å². The summed E-state index contributed by atoms with van der Waals surface area (Å²) in [4.78, 5) is 15.6. The molecular formula is C17H16F2N4OS. The maximum Gasteiger partial charge on any atom is 0.270 e. The van der Waals surface area contributed by atoms with Gasteiger partial charge in [0, 0.05) is 34.1 Å². The summed E-state index contributed by atoms with van der Waals surface area (Å²) in [5.74, 6) is -2.88. The fourth-order valence-corrected chi connectivity index (χ4v) is 3.78. The average molecular weight is 362 g/mol. The Kier molecular flexibility index (Phi) is 4.01. The van der Waals surface area contributed by atoms with Gasteiger partial charge < -0.3 is 10.3 Å². The summed E-state index contributed by atoms with van der Waals surface area (Å²) in [5.41, 5.74) is 1.54. The second-order valence-electron chi connectivity index (χ2n) is 6.06. The van der Waals surface area contributed by atoms with Crippen LogP contribution in [-0.4, -0.2) is 34.2 Å². The molecule has 0 unspecified atom stereocenters. The van der Waals surface area contributed by atoms with Crippen molar-refractivity contribution in [2.45, 2.75) is 18.8 Å². The molecule has 0 radical (unpaired) electrons. The van der Waals surface area contributed by atoms with Crippen LogP contribution in [0.25, 0.3) is 26.6 Å². The molecular weight excluding hydrogens is 346 g/mol. The third-order valence-electron chi connectivity index (χ3n) is 4.23. The number of hydrogen-bond acceptors (Lipinski definition) is 4. The van der Waals surface area contributed by atoms with Crippen molar-refractivity contribution in [2.75, 3.05) is 13.1 Å². The summed E-state index contributed by atoms with van der Waals surface area (Å²) in [7, 11) is 0. The number of alkyl halides is 2. The molecule has 1 aliphatic heterocycles. The smallest absolute Gasteiger partial charge is 0.270 e. The SMILES string of the molecule is C1CNC1.O=c1[nH]c2c(c3cc(-c4cn[nH]c4)sc13)CC(F)(F)C=C2. The fourth-order valence-electron chi connectivity index (χ4n) is 2.72. The Hall–Kier alpha value is -2.32. The number of thiophene rings is 1. The molecule has 5 rings (SSSR count). The van der Waals surface area contributed by atoms with Crippen molar-refractivity contribution in [3.8, 4) is 10.4 Å². The Morgan fingerprint density at radius 3 is 2.68 bits per heavy atom. The molecule has 25 heavy (non-hydrogen) atoms. The van der Waals surface area contributed by atoms with Gasteiger partial charge in [0.25, 0.3) is 11.5 Å². The molecule has 1 aliphatic carbocycles. The highest BCUT2D eigenvalue weighted by molar-refractivity contribution is 7.22. The van der Waals surface area contributed by atoms with E-state index >= 15 is 0 Å². The number of nitrogens with zero attached hydrogens (tertiary/aromatic N) is 1. The van der Waals surface area contributed by atoms with E-state index in [9.17, 15) is 13.6 Å². The van der Waals surface area contributed by atoms with Crippen LogP contribution in [0.3, 0.4) is 0 Å². The average Bonchev–Trinajstić information content (AvgIpc) is 3.14. The zero-order chi connectivity index (χ0) is 17.4. The first-order valence-corrected chi connectivity index (χ1v) is 8.81. The molecule has 3 aromatic heterocycles. The van der Waals surface area contributed by atoms with E-state index in [1.807, 2.05) is 0 Å². The molecule has 1 saturated heterocycles. The molecule has 0 bridgehead atoms. The zero-order valence-electron chi connectivity index (χ0n) is 13.2. The van der Waals surface area contributed by atoms with E-state index in [-0.39, 0.29) is 5.56 Å². The van der Waals surface area contributed by atoms with Gasteiger partial charge in [-0.05, 0) is 43.3 Å². The number of allylic oxidation sites excluding steroid dienone is 1. The third-order valence-corrected chi connectivity index (χ3v) is 5.42. The molecule has 1 fully saturated rings. The van der Waals surface area contributed by atoms with Gasteiger partial charge in [-0.3, -0.25) is 9.89 Å². The second kappa shape index (κ2) is 6.20.